The molecule has 2 aromatic carbocycles. The maximum Gasteiger partial charge on any atom is 0.246 e. The summed E-state index contributed by atoms with van der Waals surface area (Å²) >= 11 is 0.770. The number of unbranched alkanes of at least 4 members (excludes halogenated alkanes) is 2. The van der Waals surface area contributed by atoms with Gasteiger partial charge >= 0.3 is 0 Å². The molecule has 4 aliphatic rings. The van der Waals surface area contributed by atoms with Gasteiger partial charge in [-0.05, 0) is 100.0 Å². The average molecular weight is 1930 g/mol. The van der Waals surface area contributed by atoms with E-state index in [0.29, 0.717) is 69.9 Å². The van der Waals surface area contributed by atoms with Crippen molar-refractivity contribution in [1.82, 2.24) is 103 Å². The number of nitrogens with two attached hydrogens (primary N) is 3. The van der Waals surface area contributed by atoms with Gasteiger partial charge in [0.2, 0.25) is 100 Å². The second-order valence-corrected chi connectivity index (χ2v) is 36.8. The number of aromatic nitrogens is 4. The van der Waals surface area contributed by atoms with Crippen LogP contribution in [0, 0.1) is 11.3 Å². The minimum Gasteiger partial charge on any atom is -0.391 e. The molecule has 746 valence electrons. The number of primary amides is 2. The van der Waals surface area contributed by atoms with Gasteiger partial charge in [0.1, 0.15) is 84.6 Å². The zero-order chi connectivity index (χ0) is 100. The quantitative estimate of drug-likeness (QED) is 0.0150. The van der Waals surface area contributed by atoms with Crippen LogP contribution < -0.4 is 75.7 Å². The number of carbonyl (C=O) groups is 17. The number of guanidine groups is 1. The number of H-pyrrole nitrogens is 3. The highest BCUT2D eigenvalue weighted by atomic mass is 32.2. The van der Waals surface area contributed by atoms with Crippen LogP contribution in [0.25, 0.3) is 21.8 Å². The third-order valence-corrected chi connectivity index (χ3v) is 25.8. The van der Waals surface area contributed by atoms with Crippen LogP contribution in [0.2, 0.25) is 0 Å². The third-order valence-electron chi connectivity index (χ3n) is 24.8. The van der Waals surface area contributed by atoms with Crippen molar-refractivity contribution in [2.24, 2.45) is 23.1 Å². The van der Waals surface area contributed by atoms with Crippen LogP contribution in [-0.4, -0.2) is 328 Å². The molecule has 0 spiro atoms. The molecule has 3 aliphatic heterocycles. The smallest absolute Gasteiger partial charge is 0.246 e. The lowest BCUT2D eigenvalue weighted by atomic mass is 9.98. The number of amides is 17. The molecule has 1 unspecified atom stereocenters. The van der Waals surface area contributed by atoms with Crippen molar-refractivity contribution in [2.75, 3.05) is 58.8 Å². The Kier molecular flexibility index (Phi) is 40.0. The number of hydrogen-bond donors (Lipinski definition) is 21. The van der Waals surface area contributed by atoms with Crippen LogP contribution in [-0.2, 0) is 101 Å². The van der Waals surface area contributed by atoms with Gasteiger partial charge in [-0.2, -0.15) is 0 Å². The van der Waals surface area contributed by atoms with Gasteiger partial charge in [-0.1, -0.05) is 108 Å². The number of hydrogen-bond acceptors (Lipinski definition) is 23. The molecule has 44 nitrogen and oxygen atoms in total. The number of nitrogens with one attached hydrogen (secondary N) is 15. The summed E-state index contributed by atoms with van der Waals surface area (Å²) in [5.41, 5.74) is 19.9. The molecule has 5 aromatic rings. The van der Waals surface area contributed by atoms with Gasteiger partial charge in [0.15, 0.2) is 5.96 Å². The highest BCUT2D eigenvalue weighted by Crippen LogP contribution is 2.29. The molecule has 3 aromatic heterocycles. The average Bonchev–Trinajstić information content (AvgIpc) is 1.60. The highest BCUT2D eigenvalue weighted by Gasteiger charge is 2.47. The Labute approximate surface area is 797 Å². The second-order valence-electron chi connectivity index (χ2n) is 35.7. The number of fused-ring (bicyclic) bond motifs is 4. The van der Waals surface area contributed by atoms with Crippen molar-refractivity contribution in [1.29, 1.82) is 5.41 Å². The van der Waals surface area contributed by atoms with Crippen molar-refractivity contribution in [2.45, 2.75) is 260 Å². The van der Waals surface area contributed by atoms with Crippen molar-refractivity contribution in [3.05, 3.63) is 114 Å². The molecule has 9 rings (SSSR count). The van der Waals surface area contributed by atoms with Gasteiger partial charge in [0.05, 0.1) is 43.4 Å². The molecular formula is C92H132N24O20S. The molecule has 3 saturated heterocycles. The van der Waals surface area contributed by atoms with E-state index < -0.39 is 247 Å². The fraction of sp³-hybridized carbons (Fsp3) is 0.554. The van der Waals surface area contributed by atoms with E-state index in [1.165, 1.54) is 59.7 Å². The molecule has 17 atom stereocenters. The van der Waals surface area contributed by atoms with Crippen molar-refractivity contribution >= 4 is 140 Å². The maximum absolute atomic E-state index is 15.8. The first kappa shape index (κ1) is 107. The van der Waals surface area contributed by atoms with Crippen LogP contribution in [0.3, 0.4) is 0 Å². The largest absolute Gasteiger partial charge is 0.391 e. The minimum absolute atomic E-state index is 0.0139. The van der Waals surface area contributed by atoms with Crippen LogP contribution in [0.5, 0.6) is 0 Å². The zero-order valence-electron chi connectivity index (χ0n) is 78.6. The number of aliphatic hydroxyl groups excluding tert-OH is 3. The summed E-state index contributed by atoms with van der Waals surface area (Å²) in [5, 5.41) is 72.0. The van der Waals surface area contributed by atoms with E-state index in [2.05, 4.69) is 78.4 Å². The lowest BCUT2D eigenvalue weighted by Crippen LogP contribution is -2.62. The summed E-state index contributed by atoms with van der Waals surface area (Å²) in [6.07, 6.45) is 5.78. The molecule has 24 N–H and O–H groups in total. The molecule has 0 bridgehead atoms. The van der Waals surface area contributed by atoms with Gasteiger partial charge in [0.25, 0.3) is 0 Å². The monoisotopic (exact) mass is 1920 g/mol. The molecule has 45 heteroatoms. The SMILES string of the molecule is CCCC[C@H]1C(=O)N(C)[C@@H](CCCC)C(=O)N[C@@H](CCCNC(=N)N)C(=O)N[C@H](C(=O)NCC(N)=O)CSCC(=O)N[C@@H](CC2=CCC(O)C=C2)C(=O)N(C)[C@@H](C)C(=O)N[C@@H](CC(N)=O)C(=O)N2CCC[C@H]2C(=O)N[C@@H](Cc2cnc[nH]2)C(=O)N[C@@H](CC(C)C)C(=O)N2C[C@H](O)C[C@H]2C(=O)N[C@@H](Cc2c[nH]c3ccccc23)C(=O)N[C@@H]([C@@H](C)O)C(=O)N[C@@H](Cc2c[nH]c3ccccc23)C(=O)N1C. The molecule has 1 aliphatic carbocycles. The predicted molar refractivity (Wildman–Crippen MR) is 505 cm³/mol. The van der Waals surface area contributed by atoms with Gasteiger partial charge in [-0.15, -0.1) is 11.8 Å². The number of thioether (sulfide) groups is 1. The molecule has 0 radical (unpaired) electrons. The fourth-order valence-corrected chi connectivity index (χ4v) is 18.0. The number of imidazole rings is 1. The summed E-state index contributed by atoms with van der Waals surface area (Å²) < 4.78 is 0. The predicted octanol–water partition coefficient (Wildman–Crippen LogP) is -2.85. The number of aliphatic hydroxyl groups is 3. The first-order valence-corrected chi connectivity index (χ1v) is 47.4. The van der Waals surface area contributed by atoms with Crippen LogP contribution >= 0.6 is 11.8 Å². The summed E-state index contributed by atoms with van der Waals surface area (Å²) in [6.45, 7) is 8.34. The first-order chi connectivity index (χ1) is 65.2. The van der Waals surface area contributed by atoms with Crippen LogP contribution in [0.4, 0.5) is 0 Å². The molecule has 137 heavy (non-hydrogen) atoms. The Bertz CT molecular complexity index is 5210. The maximum atomic E-state index is 15.8. The first-order valence-electron chi connectivity index (χ1n) is 46.3. The van der Waals surface area contributed by atoms with Gasteiger partial charge in [-0.3, -0.25) is 86.9 Å². The van der Waals surface area contributed by atoms with E-state index in [0.717, 1.165) is 36.3 Å². The van der Waals surface area contributed by atoms with E-state index >= 15 is 38.4 Å². The Balaban J connectivity index is 1.11. The topological polar surface area (TPSA) is 662 Å². The van der Waals surface area contributed by atoms with Crippen LogP contribution in [0.15, 0.2) is 97.2 Å². The molecule has 17 amide bonds. The van der Waals surface area contributed by atoms with Gasteiger partial charge in [0, 0.05) is 125 Å². The van der Waals surface area contributed by atoms with Crippen molar-refractivity contribution < 1.29 is 96.8 Å². The lowest BCUT2D eigenvalue weighted by molar-refractivity contribution is -0.149. The number of nitrogens with zero attached hydrogens (tertiary/aromatic N) is 6. The van der Waals surface area contributed by atoms with Crippen molar-refractivity contribution in [3.63, 3.8) is 0 Å². The number of likely N-dealkylation sites (N-methyl/N-ethyl adjacent to an activating group) is 3. The number of rotatable bonds is 26. The molecular weight excluding hydrogens is 1790 g/mol. The Morgan fingerprint density at radius 2 is 1.14 bits per heavy atom. The molecule has 6 heterocycles. The van der Waals surface area contributed by atoms with Gasteiger partial charge in [-0.25, -0.2) is 4.98 Å². The summed E-state index contributed by atoms with van der Waals surface area (Å²) in [7, 11) is 3.92. The summed E-state index contributed by atoms with van der Waals surface area (Å²) in [6, 6.07) is -7.84. The van der Waals surface area contributed by atoms with E-state index in [-0.39, 0.29) is 96.1 Å². The number of carbonyl (C=O) groups excluding carboxylic acids is 17. The Morgan fingerprint density at radius 3 is 1.74 bits per heavy atom. The molecule has 0 saturated carbocycles. The zero-order valence-corrected chi connectivity index (χ0v) is 79.4. The number of benzene rings is 2. The van der Waals surface area contributed by atoms with Gasteiger partial charge < -0.3 is 130 Å². The lowest BCUT2D eigenvalue weighted by Gasteiger charge is -2.36. The van der Waals surface area contributed by atoms with E-state index in [1.54, 1.807) is 80.8 Å². The van der Waals surface area contributed by atoms with E-state index in [1.807, 2.05) is 13.8 Å². The third kappa shape index (κ3) is 30.1. The standard InChI is InChI=1S/C92H132N24O20S/c1-10-12-25-70-83(128)104-62(24-18-32-98-92(95)96)80(125)110-69(79(124)101-44-75(94)121)46-137-47-76(122)103-66(35-52-28-30-56(118)31-29-52)87(132)112(7)50(5)78(123)107-68(40-74(93)120)89(134)115-33-19-27-71(115)84(129)106-64(38-55-43-97-48-102-55)81(126)108-65(34-49(3)4)90(135)116-45-57(119)39-73(116)85(130)105-63(36-53-41-99-60-22-16-14-20-58(53)60)82(127)111-77(51(6)117)86(131)109-67(37-54-42-100-61-23-17-15-21-59(54)61)88(133)114(9)72(26-13-11-2)91(136)113(70)8/h14-17,20-23,28-30,41-43,48-51,56-57,62-73,77,99-100,117-119H,10-13,18-19,24-27,31-40,44-47H2,1-9H3,(H2,93,120)(H2,94,121)(H,97,102)(H,101,124)(H,103,122)(H,104,128)(H,105,130)(H,106,129)(H,107,123)(H,108,126)(H,109,131)(H,110,125)(H,111,127)(H4,95,96,98)/t50-,51+,56?,57+,62-,63-,64-,65-,66-,67-,68-,69-,70-,71-,72-,73-,77-/m0/s1. The summed E-state index contributed by atoms with van der Waals surface area (Å²) in [4.78, 5) is 270. The Morgan fingerprint density at radius 1 is 0.577 bits per heavy atom. The highest BCUT2D eigenvalue weighted by molar-refractivity contribution is 8.00. The number of para-hydroxylation sites is 2. The fourth-order valence-electron chi connectivity index (χ4n) is 17.1. The summed E-state index contributed by atoms with van der Waals surface area (Å²) in [5.74, 6) is -17.8. The van der Waals surface area contributed by atoms with Crippen molar-refractivity contribution in [3.8, 4) is 0 Å². The van der Waals surface area contributed by atoms with E-state index in [9.17, 15) is 58.5 Å². The van der Waals surface area contributed by atoms with E-state index in [4.69, 9.17) is 22.6 Å². The number of allylic oxidation sites excluding steroid dienone is 1. The number of aromatic amines is 3. The Hall–Kier alpha value is -13.3. The molecule has 3 fully saturated rings. The second kappa shape index (κ2) is 51.0. The minimum atomic E-state index is -1.93. The van der Waals surface area contributed by atoms with Crippen LogP contribution in [0.1, 0.15) is 155 Å². The normalized spacial score (nSPS) is 25.9.